The van der Waals surface area contributed by atoms with Crippen molar-refractivity contribution < 1.29 is 10.0 Å². The van der Waals surface area contributed by atoms with Gasteiger partial charge in [-0.15, -0.1) is 0 Å². The minimum atomic E-state index is -0.627. The topological polar surface area (TPSA) is 87.7 Å². The van der Waals surface area contributed by atoms with Crippen molar-refractivity contribution >= 4 is 11.7 Å². The Labute approximate surface area is 107 Å². The van der Waals surface area contributed by atoms with E-state index in [1.807, 2.05) is 37.3 Å². The molecule has 0 spiro atoms. The summed E-state index contributed by atoms with van der Waals surface area (Å²) in [6.07, 6.45) is 0. The number of nitrogens with zero attached hydrogens (tertiary/aromatic N) is 1. The fraction of sp³-hybridized carbons (Fsp3) is 0.385. The molecule has 5 nitrogen and oxygen atoms in total. The number of hydrogen-bond acceptors (Lipinski definition) is 3. The lowest BCUT2D eigenvalue weighted by atomic mass is 10.0. The van der Waals surface area contributed by atoms with Gasteiger partial charge in [0.25, 0.3) is 0 Å². The van der Waals surface area contributed by atoms with Crippen LogP contribution in [0.1, 0.15) is 25.3 Å². The Morgan fingerprint density at radius 3 is 2.56 bits per heavy atom. The summed E-state index contributed by atoms with van der Waals surface area (Å²) in [5.41, 5.74) is 6.54. The number of carbonyl (C=O) groups excluding carboxylic acids is 1. The minimum absolute atomic E-state index is 0.0835. The molecule has 0 aliphatic carbocycles. The SMILES string of the molecule is CC(C(=O)NCC(C)c1ccccc1)/C(N)=N/O. The summed E-state index contributed by atoms with van der Waals surface area (Å²) in [5.74, 6) is -0.736. The number of hydrogen-bond donors (Lipinski definition) is 3. The number of amidine groups is 1. The van der Waals surface area contributed by atoms with Crippen molar-refractivity contribution in [2.45, 2.75) is 19.8 Å². The molecular weight excluding hydrogens is 230 g/mol. The van der Waals surface area contributed by atoms with Gasteiger partial charge in [0, 0.05) is 6.54 Å². The molecule has 0 radical (unpaired) electrons. The van der Waals surface area contributed by atoms with Crippen LogP contribution in [0.5, 0.6) is 0 Å². The van der Waals surface area contributed by atoms with Gasteiger partial charge in [-0.1, -0.05) is 42.4 Å². The number of carbonyl (C=O) groups is 1. The Morgan fingerprint density at radius 2 is 2.00 bits per heavy atom. The molecule has 0 heterocycles. The summed E-state index contributed by atoms with van der Waals surface area (Å²) >= 11 is 0. The van der Waals surface area contributed by atoms with E-state index >= 15 is 0 Å². The number of rotatable bonds is 5. The van der Waals surface area contributed by atoms with E-state index in [0.29, 0.717) is 6.54 Å². The van der Waals surface area contributed by atoms with E-state index in [9.17, 15) is 4.79 Å². The molecule has 0 bridgehead atoms. The molecule has 98 valence electrons. The molecule has 0 saturated heterocycles. The number of amides is 1. The maximum atomic E-state index is 11.7. The first-order chi connectivity index (χ1) is 8.56. The fourth-order valence-corrected chi connectivity index (χ4v) is 1.53. The highest BCUT2D eigenvalue weighted by atomic mass is 16.4. The number of nitrogens with two attached hydrogens (primary N) is 1. The van der Waals surface area contributed by atoms with Gasteiger partial charge in [-0.25, -0.2) is 0 Å². The summed E-state index contributed by atoms with van der Waals surface area (Å²) in [7, 11) is 0. The Balaban J connectivity index is 2.49. The Morgan fingerprint density at radius 1 is 1.39 bits per heavy atom. The first-order valence-corrected chi connectivity index (χ1v) is 5.86. The molecule has 0 aromatic heterocycles. The maximum absolute atomic E-state index is 11.7. The lowest BCUT2D eigenvalue weighted by Gasteiger charge is -2.15. The molecule has 4 N–H and O–H groups in total. The van der Waals surface area contributed by atoms with Crippen LogP contribution in [0.15, 0.2) is 35.5 Å². The zero-order valence-corrected chi connectivity index (χ0v) is 10.6. The lowest BCUT2D eigenvalue weighted by Crippen LogP contribution is -2.38. The van der Waals surface area contributed by atoms with E-state index in [0.717, 1.165) is 5.56 Å². The normalized spacial score (nSPS) is 14.9. The smallest absolute Gasteiger partial charge is 0.230 e. The van der Waals surface area contributed by atoms with E-state index in [4.69, 9.17) is 10.9 Å². The van der Waals surface area contributed by atoms with Crippen LogP contribution in [0, 0.1) is 5.92 Å². The predicted octanol–water partition coefficient (Wildman–Crippen LogP) is 1.29. The van der Waals surface area contributed by atoms with Crippen LogP contribution in [-0.4, -0.2) is 23.5 Å². The van der Waals surface area contributed by atoms with Crippen molar-refractivity contribution in [1.82, 2.24) is 5.32 Å². The van der Waals surface area contributed by atoms with Gasteiger partial charge in [0.2, 0.25) is 5.91 Å². The van der Waals surface area contributed by atoms with Crippen LogP contribution in [0.4, 0.5) is 0 Å². The molecule has 1 aromatic rings. The standard InChI is InChI=1S/C13H19N3O2/c1-9(11-6-4-3-5-7-11)8-15-13(17)10(2)12(14)16-18/h3-7,9-10,18H,8H2,1-2H3,(H2,14,16)(H,15,17). The molecule has 0 fully saturated rings. The van der Waals surface area contributed by atoms with Crippen LogP contribution >= 0.6 is 0 Å². The van der Waals surface area contributed by atoms with E-state index in [1.54, 1.807) is 6.92 Å². The molecule has 0 aliphatic heterocycles. The third-order valence-electron chi connectivity index (χ3n) is 2.90. The van der Waals surface area contributed by atoms with Crippen molar-refractivity contribution in [3.05, 3.63) is 35.9 Å². The van der Waals surface area contributed by atoms with Crippen molar-refractivity contribution in [1.29, 1.82) is 0 Å². The molecule has 18 heavy (non-hydrogen) atoms. The first kappa shape index (κ1) is 14.0. The van der Waals surface area contributed by atoms with Crippen LogP contribution in [0.2, 0.25) is 0 Å². The monoisotopic (exact) mass is 249 g/mol. The molecule has 0 saturated carbocycles. The van der Waals surface area contributed by atoms with E-state index < -0.39 is 5.92 Å². The third kappa shape index (κ3) is 3.76. The van der Waals surface area contributed by atoms with Crippen LogP contribution in [0.3, 0.4) is 0 Å². The van der Waals surface area contributed by atoms with E-state index in [-0.39, 0.29) is 17.7 Å². The second-order valence-corrected chi connectivity index (χ2v) is 4.30. The van der Waals surface area contributed by atoms with Gasteiger partial charge in [-0.3, -0.25) is 4.79 Å². The van der Waals surface area contributed by atoms with Crippen molar-refractivity contribution in [3.8, 4) is 0 Å². The van der Waals surface area contributed by atoms with Crippen molar-refractivity contribution in [2.24, 2.45) is 16.8 Å². The van der Waals surface area contributed by atoms with Crippen LogP contribution in [-0.2, 0) is 4.79 Å². The second-order valence-electron chi connectivity index (χ2n) is 4.30. The molecule has 1 aromatic carbocycles. The molecule has 1 amide bonds. The zero-order chi connectivity index (χ0) is 13.5. The molecule has 2 atom stereocenters. The Hall–Kier alpha value is -2.04. The van der Waals surface area contributed by atoms with Gasteiger partial charge in [-0.05, 0) is 18.4 Å². The van der Waals surface area contributed by atoms with E-state index in [1.165, 1.54) is 0 Å². The fourth-order valence-electron chi connectivity index (χ4n) is 1.53. The maximum Gasteiger partial charge on any atom is 0.230 e. The highest BCUT2D eigenvalue weighted by molar-refractivity contribution is 6.01. The molecule has 2 unspecified atom stereocenters. The predicted molar refractivity (Wildman–Crippen MR) is 70.4 cm³/mol. The summed E-state index contributed by atoms with van der Waals surface area (Å²) in [4.78, 5) is 11.7. The summed E-state index contributed by atoms with van der Waals surface area (Å²) in [5, 5.41) is 14.1. The van der Waals surface area contributed by atoms with Crippen LogP contribution in [0.25, 0.3) is 0 Å². The van der Waals surface area contributed by atoms with Gasteiger partial charge in [0.05, 0.1) is 5.92 Å². The van der Waals surface area contributed by atoms with Crippen LogP contribution < -0.4 is 11.1 Å². The molecule has 5 heteroatoms. The molecular formula is C13H19N3O2. The largest absolute Gasteiger partial charge is 0.409 e. The first-order valence-electron chi connectivity index (χ1n) is 5.86. The zero-order valence-electron chi connectivity index (χ0n) is 10.6. The van der Waals surface area contributed by atoms with Gasteiger partial charge in [-0.2, -0.15) is 0 Å². The summed E-state index contributed by atoms with van der Waals surface area (Å²) in [6, 6.07) is 9.92. The Bertz CT molecular complexity index is 418. The van der Waals surface area contributed by atoms with Gasteiger partial charge in [0.15, 0.2) is 5.84 Å². The molecule has 0 aliphatic rings. The number of benzene rings is 1. The van der Waals surface area contributed by atoms with Gasteiger partial charge < -0.3 is 16.3 Å². The average Bonchev–Trinajstić information content (AvgIpc) is 2.43. The van der Waals surface area contributed by atoms with Crippen molar-refractivity contribution in [3.63, 3.8) is 0 Å². The highest BCUT2D eigenvalue weighted by Gasteiger charge is 2.17. The number of oxime groups is 1. The quantitative estimate of drug-likeness (QED) is 0.318. The highest BCUT2D eigenvalue weighted by Crippen LogP contribution is 2.13. The summed E-state index contributed by atoms with van der Waals surface area (Å²) < 4.78 is 0. The Kier molecular flexibility index (Phi) is 5.17. The number of nitrogens with one attached hydrogen (secondary N) is 1. The van der Waals surface area contributed by atoms with Gasteiger partial charge in [0.1, 0.15) is 0 Å². The molecule has 1 rings (SSSR count). The minimum Gasteiger partial charge on any atom is -0.409 e. The second kappa shape index (κ2) is 6.64. The van der Waals surface area contributed by atoms with Gasteiger partial charge >= 0.3 is 0 Å². The van der Waals surface area contributed by atoms with E-state index in [2.05, 4.69) is 10.5 Å². The summed E-state index contributed by atoms with van der Waals surface area (Å²) in [6.45, 7) is 4.15. The van der Waals surface area contributed by atoms with Crippen molar-refractivity contribution in [2.75, 3.05) is 6.54 Å². The third-order valence-corrected chi connectivity index (χ3v) is 2.90. The lowest BCUT2D eigenvalue weighted by molar-refractivity contribution is -0.122. The average molecular weight is 249 g/mol.